The van der Waals surface area contributed by atoms with Crippen molar-refractivity contribution >= 4 is 22.6 Å². The van der Waals surface area contributed by atoms with Crippen molar-refractivity contribution in [1.29, 1.82) is 0 Å². The smallest absolute Gasteiger partial charge is 0.274 e. The summed E-state index contributed by atoms with van der Waals surface area (Å²) in [7, 11) is 0. The van der Waals surface area contributed by atoms with Crippen LogP contribution in [0.5, 0.6) is 0 Å². The van der Waals surface area contributed by atoms with Gasteiger partial charge in [-0.1, -0.05) is 23.9 Å². The second-order valence-electron chi connectivity index (χ2n) is 4.98. The van der Waals surface area contributed by atoms with E-state index in [1.54, 1.807) is 18.2 Å². The Labute approximate surface area is 126 Å². The Hall–Kier alpha value is -1.86. The number of nitrogens with zero attached hydrogens (tertiary/aromatic N) is 3. The van der Waals surface area contributed by atoms with Crippen molar-refractivity contribution in [3.8, 4) is 0 Å². The molecular formula is C14H15N3O3S. The highest BCUT2D eigenvalue weighted by atomic mass is 32.2. The molecule has 1 aromatic rings. The molecule has 6 nitrogen and oxygen atoms in total. The van der Waals surface area contributed by atoms with Gasteiger partial charge in [-0.25, -0.2) is 0 Å². The van der Waals surface area contributed by atoms with Gasteiger partial charge in [-0.3, -0.25) is 15.1 Å². The van der Waals surface area contributed by atoms with Crippen LogP contribution in [0.4, 0.5) is 5.69 Å². The second kappa shape index (κ2) is 5.50. The van der Waals surface area contributed by atoms with Crippen LogP contribution in [0.1, 0.15) is 24.9 Å². The lowest BCUT2D eigenvalue weighted by molar-refractivity contribution is -0.385. The summed E-state index contributed by atoms with van der Waals surface area (Å²) in [6.07, 6.45) is 0.569. The number of amidine groups is 1. The predicted octanol–water partition coefficient (Wildman–Crippen LogP) is 2.67. The minimum absolute atomic E-state index is 0.00824. The summed E-state index contributed by atoms with van der Waals surface area (Å²) < 4.78 is 0. The highest BCUT2D eigenvalue weighted by Gasteiger charge is 2.40. The number of aliphatic hydroxyl groups is 1. The summed E-state index contributed by atoms with van der Waals surface area (Å²) in [6.45, 7) is 2.09. The minimum atomic E-state index is -0.358. The maximum Gasteiger partial charge on any atom is 0.274 e. The first-order valence-electron chi connectivity index (χ1n) is 6.70. The zero-order chi connectivity index (χ0) is 15.0. The molecule has 0 bridgehead atoms. The van der Waals surface area contributed by atoms with Gasteiger partial charge in [0.15, 0.2) is 5.17 Å². The van der Waals surface area contributed by atoms with Gasteiger partial charge in [-0.15, -0.1) is 0 Å². The van der Waals surface area contributed by atoms with Gasteiger partial charge >= 0.3 is 0 Å². The number of thioether (sulfide) groups is 1. The minimum Gasteiger partial charge on any atom is -0.396 e. The van der Waals surface area contributed by atoms with Crippen LogP contribution < -0.4 is 0 Å². The van der Waals surface area contributed by atoms with E-state index < -0.39 is 0 Å². The van der Waals surface area contributed by atoms with E-state index >= 15 is 0 Å². The highest BCUT2D eigenvalue weighted by molar-refractivity contribution is 8.16. The van der Waals surface area contributed by atoms with Gasteiger partial charge in [-0.05, 0) is 18.4 Å². The lowest BCUT2D eigenvalue weighted by Crippen LogP contribution is -2.31. The van der Waals surface area contributed by atoms with Crippen molar-refractivity contribution in [2.45, 2.75) is 25.4 Å². The van der Waals surface area contributed by atoms with Gasteiger partial charge in [0.2, 0.25) is 0 Å². The number of aliphatic hydroxyl groups excluding tert-OH is 1. The summed E-state index contributed by atoms with van der Waals surface area (Å²) in [5.41, 5.74) is 1.77. The number of nitro benzene ring substituents is 1. The highest BCUT2D eigenvalue weighted by Crippen LogP contribution is 2.43. The van der Waals surface area contributed by atoms with E-state index in [1.165, 1.54) is 17.8 Å². The summed E-state index contributed by atoms with van der Waals surface area (Å²) in [5, 5.41) is 23.2. The van der Waals surface area contributed by atoms with Crippen molar-refractivity contribution in [3.05, 3.63) is 51.0 Å². The average Bonchev–Trinajstić information content (AvgIpc) is 3.01. The molecule has 3 rings (SSSR count). The molecule has 2 heterocycles. The molecule has 2 aliphatic heterocycles. The molecule has 0 radical (unpaired) electrons. The Bertz CT molecular complexity index is 644. The molecule has 110 valence electrons. The van der Waals surface area contributed by atoms with Crippen molar-refractivity contribution in [2.24, 2.45) is 4.99 Å². The third-order valence-electron chi connectivity index (χ3n) is 3.75. The maximum atomic E-state index is 11.2. The fourth-order valence-corrected chi connectivity index (χ4v) is 3.83. The molecule has 0 aromatic heterocycles. The molecule has 0 saturated carbocycles. The number of hydrogen-bond acceptors (Lipinski definition) is 6. The lowest BCUT2D eigenvalue weighted by Gasteiger charge is -2.25. The first kappa shape index (κ1) is 14.1. The molecule has 0 amide bonds. The number of benzene rings is 1. The quantitative estimate of drug-likeness (QED) is 0.683. The van der Waals surface area contributed by atoms with Crippen LogP contribution in [0.25, 0.3) is 0 Å². The summed E-state index contributed by atoms with van der Waals surface area (Å²) in [5.74, 6) is 0. The van der Waals surface area contributed by atoms with Gasteiger partial charge in [-0.2, -0.15) is 0 Å². The lowest BCUT2D eigenvalue weighted by atomic mass is 9.99. The number of para-hydroxylation sites is 1. The summed E-state index contributed by atoms with van der Waals surface area (Å²) in [6, 6.07) is 6.51. The van der Waals surface area contributed by atoms with Gasteiger partial charge in [0.1, 0.15) is 6.04 Å². The number of aliphatic imine (C=N–C) groups is 1. The predicted molar refractivity (Wildman–Crippen MR) is 82.0 cm³/mol. The Morgan fingerprint density at radius 2 is 2.24 bits per heavy atom. The van der Waals surface area contributed by atoms with Crippen molar-refractivity contribution in [2.75, 3.05) is 6.61 Å². The number of fused-ring (bicyclic) bond motifs is 1. The zero-order valence-corrected chi connectivity index (χ0v) is 12.3. The molecule has 1 aromatic carbocycles. The van der Waals surface area contributed by atoms with Gasteiger partial charge in [0, 0.05) is 24.8 Å². The maximum absolute atomic E-state index is 11.2. The molecule has 21 heavy (non-hydrogen) atoms. The SMILES string of the molecule is CC1C(c2ccccc2[N+](=O)[O-])N=C2SC=C(CCO)N21. The van der Waals surface area contributed by atoms with E-state index in [2.05, 4.69) is 9.89 Å². The monoisotopic (exact) mass is 305 g/mol. The molecule has 0 aliphatic carbocycles. The van der Waals surface area contributed by atoms with Crippen LogP contribution in [0.2, 0.25) is 0 Å². The third kappa shape index (κ3) is 2.32. The Morgan fingerprint density at radius 3 is 2.95 bits per heavy atom. The Kier molecular flexibility index (Phi) is 3.69. The van der Waals surface area contributed by atoms with E-state index in [0.29, 0.717) is 12.0 Å². The number of rotatable bonds is 4. The van der Waals surface area contributed by atoms with E-state index in [4.69, 9.17) is 5.11 Å². The van der Waals surface area contributed by atoms with Crippen molar-refractivity contribution in [3.63, 3.8) is 0 Å². The third-order valence-corrected chi connectivity index (χ3v) is 4.65. The molecule has 7 heteroatoms. The van der Waals surface area contributed by atoms with E-state index in [-0.39, 0.29) is 29.3 Å². The molecular weight excluding hydrogens is 290 g/mol. The fraction of sp³-hybridized carbons (Fsp3) is 0.357. The Balaban J connectivity index is 1.94. The van der Waals surface area contributed by atoms with Crippen LogP contribution in [0, 0.1) is 10.1 Å². The molecule has 2 aliphatic rings. The molecule has 2 atom stereocenters. The number of nitro groups is 1. The number of hydrogen-bond donors (Lipinski definition) is 1. The topological polar surface area (TPSA) is 79.0 Å². The van der Waals surface area contributed by atoms with Crippen molar-refractivity contribution in [1.82, 2.24) is 4.90 Å². The van der Waals surface area contributed by atoms with E-state index in [0.717, 1.165) is 10.9 Å². The zero-order valence-electron chi connectivity index (χ0n) is 11.5. The molecule has 0 fully saturated rings. The Morgan fingerprint density at radius 1 is 1.48 bits per heavy atom. The van der Waals surface area contributed by atoms with Gasteiger partial charge in [0.05, 0.1) is 16.5 Å². The fourth-order valence-electron chi connectivity index (χ4n) is 2.78. The summed E-state index contributed by atoms with van der Waals surface area (Å²) >= 11 is 1.51. The van der Waals surface area contributed by atoms with Crippen LogP contribution in [0.15, 0.2) is 40.4 Å². The molecule has 0 spiro atoms. The summed E-state index contributed by atoms with van der Waals surface area (Å²) in [4.78, 5) is 17.6. The van der Waals surface area contributed by atoms with Gasteiger partial charge < -0.3 is 10.0 Å². The standard InChI is InChI=1S/C14H15N3O3S/c1-9-13(11-4-2-3-5-12(11)17(19)20)15-14-16(9)10(6-7-18)8-21-14/h2-5,8-9,13,18H,6-7H2,1H3. The van der Waals surface area contributed by atoms with Crippen LogP contribution in [-0.2, 0) is 0 Å². The van der Waals surface area contributed by atoms with E-state index in [9.17, 15) is 10.1 Å². The molecule has 2 unspecified atom stereocenters. The van der Waals surface area contributed by atoms with Crippen LogP contribution >= 0.6 is 11.8 Å². The van der Waals surface area contributed by atoms with Crippen molar-refractivity contribution < 1.29 is 10.0 Å². The second-order valence-corrected chi connectivity index (χ2v) is 5.82. The first-order valence-corrected chi connectivity index (χ1v) is 7.58. The molecule has 1 N–H and O–H groups in total. The van der Waals surface area contributed by atoms with E-state index in [1.807, 2.05) is 12.3 Å². The first-order chi connectivity index (χ1) is 10.1. The van der Waals surface area contributed by atoms with Gasteiger partial charge in [0.25, 0.3) is 5.69 Å². The van der Waals surface area contributed by atoms with Crippen LogP contribution in [0.3, 0.4) is 0 Å². The largest absolute Gasteiger partial charge is 0.396 e. The normalized spacial score (nSPS) is 23.8. The van der Waals surface area contributed by atoms with Crippen LogP contribution in [-0.4, -0.2) is 32.7 Å². The molecule has 0 saturated heterocycles. The average molecular weight is 305 g/mol.